The van der Waals surface area contributed by atoms with Gasteiger partial charge in [-0.1, -0.05) is 12.8 Å². The minimum absolute atomic E-state index is 0.556. The second-order valence-corrected chi connectivity index (χ2v) is 4.46. The molecule has 9 heavy (non-hydrogen) atoms. The zero-order valence-corrected chi connectivity index (χ0v) is 6.47. The van der Waals surface area contributed by atoms with Gasteiger partial charge in [0.25, 0.3) is 0 Å². The Morgan fingerprint density at radius 3 is 2.56 bits per heavy atom. The fourth-order valence-corrected chi connectivity index (χ4v) is 3.22. The smallest absolute Gasteiger partial charge is 0.0645 e. The van der Waals surface area contributed by atoms with Gasteiger partial charge in [-0.25, -0.2) is 0 Å². The first-order valence-corrected chi connectivity index (χ1v) is 4.79. The van der Waals surface area contributed by atoms with Crippen molar-refractivity contribution in [3.05, 3.63) is 0 Å². The molecule has 2 fully saturated rings. The standard InChI is InChI=1S/C7H13NS/c1-2-4-7(3-1)8-5-6-9-7/h8H,1-6H2. The third-order valence-electron chi connectivity index (χ3n) is 2.34. The molecular weight excluding hydrogens is 130 g/mol. The largest absolute Gasteiger partial charge is 0.302 e. The lowest BCUT2D eigenvalue weighted by atomic mass is 10.2. The van der Waals surface area contributed by atoms with Crippen molar-refractivity contribution >= 4 is 11.8 Å². The maximum atomic E-state index is 3.59. The van der Waals surface area contributed by atoms with Crippen molar-refractivity contribution < 1.29 is 0 Å². The molecule has 0 unspecified atom stereocenters. The van der Waals surface area contributed by atoms with Crippen LogP contribution in [0, 0.1) is 0 Å². The minimum Gasteiger partial charge on any atom is -0.302 e. The van der Waals surface area contributed by atoms with Gasteiger partial charge in [0.1, 0.15) is 0 Å². The van der Waals surface area contributed by atoms with Crippen LogP contribution in [-0.4, -0.2) is 17.2 Å². The summed E-state index contributed by atoms with van der Waals surface area (Å²) in [5, 5.41) is 3.59. The first-order chi connectivity index (χ1) is 4.41. The molecule has 0 aromatic heterocycles. The van der Waals surface area contributed by atoms with Crippen LogP contribution < -0.4 is 5.32 Å². The maximum Gasteiger partial charge on any atom is 0.0645 e. The summed E-state index contributed by atoms with van der Waals surface area (Å²) in [6.45, 7) is 1.24. The van der Waals surface area contributed by atoms with E-state index in [-0.39, 0.29) is 0 Å². The molecular formula is C7H13NS. The molecule has 1 saturated carbocycles. The fourth-order valence-electron chi connectivity index (χ4n) is 1.84. The first kappa shape index (κ1) is 6.05. The van der Waals surface area contributed by atoms with E-state index in [2.05, 4.69) is 17.1 Å². The van der Waals surface area contributed by atoms with E-state index < -0.39 is 0 Å². The molecule has 0 aromatic rings. The molecule has 1 saturated heterocycles. The van der Waals surface area contributed by atoms with Gasteiger partial charge in [-0.2, -0.15) is 0 Å². The monoisotopic (exact) mass is 143 g/mol. The summed E-state index contributed by atoms with van der Waals surface area (Å²) >= 11 is 2.14. The van der Waals surface area contributed by atoms with Crippen LogP contribution in [0.15, 0.2) is 0 Å². The SMILES string of the molecule is C1CCC2(C1)NCCS2. The number of nitrogens with one attached hydrogen (secondary N) is 1. The number of thioether (sulfide) groups is 1. The zero-order chi connectivity index (χ0) is 6.16. The molecule has 0 radical (unpaired) electrons. The zero-order valence-electron chi connectivity index (χ0n) is 5.65. The van der Waals surface area contributed by atoms with Crippen molar-refractivity contribution in [2.75, 3.05) is 12.3 Å². The Kier molecular flexibility index (Phi) is 1.46. The molecule has 0 amide bonds. The van der Waals surface area contributed by atoms with Crippen LogP contribution in [0.3, 0.4) is 0 Å². The Balaban J connectivity index is 2.04. The van der Waals surface area contributed by atoms with Gasteiger partial charge in [-0.3, -0.25) is 0 Å². The van der Waals surface area contributed by atoms with Gasteiger partial charge in [0, 0.05) is 12.3 Å². The Morgan fingerprint density at radius 1 is 1.22 bits per heavy atom. The summed E-state index contributed by atoms with van der Waals surface area (Å²) in [4.78, 5) is 0.556. The van der Waals surface area contributed by atoms with Crippen molar-refractivity contribution in [3.63, 3.8) is 0 Å². The second kappa shape index (κ2) is 2.17. The summed E-state index contributed by atoms with van der Waals surface area (Å²) < 4.78 is 0. The summed E-state index contributed by atoms with van der Waals surface area (Å²) in [7, 11) is 0. The summed E-state index contributed by atoms with van der Waals surface area (Å²) in [6.07, 6.45) is 5.72. The topological polar surface area (TPSA) is 12.0 Å². The van der Waals surface area contributed by atoms with Crippen LogP contribution in [0.5, 0.6) is 0 Å². The average molecular weight is 143 g/mol. The summed E-state index contributed by atoms with van der Waals surface area (Å²) in [5.41, 5.74) is 0. The van der Waals surface area contributed by atoms with Crippen LogP contribution >= 0.6 is 11.8 Å². The Bertz CT molecular complexity index is 84.0. The number of hydrogen-bond donors (Lipinski definition) is 1. The van der Waals surface area contributed by atoms with Gasteiger partial charge >= 0.3 is 0 Å². The molecule has 2 aliphatic rings. The van der Waals surface area contributed by atoms with E-state index in [4.69, 9.17) is 0 Å². The van der Waals surface area contributed by atoms with Gasteiger partial charge in [-0.15, -0.1) is 11.8 Å². The summed E-state index contributed by atoms with van der Waals surface area (Å²) in [5.74, 6) is 1.33. The average Bonchev–Trinajstić information content (AvgIpc) is 2.45. The Hall–Kier alpha value is 0.310. The molecule has 2 heteroatoms. The van der Waals surface area contributed by atoms with Crippen LogP contribution in [0.4, 0.5) is 0 Å². The van der Waals surface area contributed by atoms with Gasteiger partial charge in [0.15, 0.2) is 0 Å². The normalized spacial score (nSPS) is 32.0. The highest BCUT2D eigenvalue weighted by Crippen LogP contribution is 2.41. The molecule has 0 bridgehead atoms. The van der Waals surface area contributed by atoms with E-state index in [1.54, 1.807) is 0 Å². The van der Waals surface area contributed by atoms with Crippen LogP contribution in [0.25, 0.3) is 0 Å². The van der Waals surface area contributed by atoms with E-state index in [0.29, 0.717) is 4.87 Å². The van der Waals surface area contributed by atoms with E-state index >= 15 is 0 Å². The van der Waals surface area contributed by atoms with E-state index in [1.807, 2.05) is 0 Å². The van der Waals surface area contributed by atoms with Gasteiger partial charge < -0.3 is 5.32 Å². The van der Waals surface area contributed by atoms with Crippen molar-refractivity contribution in [1.82, 2.24) is 5.32 Å². The van der Waals surface area contributed by atoms with Crippen LogP contribution in [-0.2, 0) is 0 Å². The minimum atomic E-state index is 0.556. The van der Waals surface area contributed by atoms with Crippen LogP contribution in [0.2, 0.25) is 0 Å². The van der Waals surface area contributed by atoms with Crippen molar-refractivity contribution in [1.29, 1.82) is 0 Å². The Morgan fingerprint density at radius 2 is 2.00 bits per heavy atom. The van der Waals surface area contributed by atoms with Crippen molar-refractivity contribution in [2.45, 2.75) is 30.6 Å². The quantitative estimate of drug-likeness (QED) is 0.552. The van der Waals surface area contributed by atoms with Gasteiger partial charge in [0.05, 0.1) is 4.87 Å². The summed E-state index contributed by atoms with van der Waals surface area (Å²) in [6, 6.07) is 0. The molecule has 2 rings (SSSR count). The molecule has 0 atom stereocenters. The molecule has 1 heterocycles. The molecule has 1 aliphatic heterocycles. The Labute approximate surface area is 60.6 Å². The highest BCUT2D eigenvalue weighted by atomic mass is 32.2. The molecule has 52 valence electrons. The van der Waals surface area contributed by atoms with E-state index in [1.165, 1.54) is 38.0 Å². The maximum absolute atomic E-state index is 3.59. The second-order valence-electron chi connectivity index (χ2n) is 2.98. The molecule has 1 aliphatic carbocycles. The fraction of sp³-hybridized carbons (Fsp3) is 1.00. The highest BCUT2D eigenvalue weighted by molar-refractivity contribution is 8.00. The van der Waals surface area contributed by atoms with Crippen molar-refractivity contribution in [2.24, 2.45) is 0 Å². The van der Waals surface area contributed by atoms with E-state index in [0.717, 1.165) is 0 Å². The third-order valence-corrected chi connectivity index (χ3v) is 3.85. The lowest BCUT2D eigenvalue weighted by Gasteiger charge is -2.21. The number of rotatable bonds is 0. The van der Waals surface area contributed by atoms with Gasteiger partial charge in [0.2, 0.25) is 0 Å². The molecule has 0 aromatic carbocycles. The molecule has 1 nitrogen and oxygen atoms in total. The molecule has 1 N–H and O–H groups in total. The van der Waals surface area contributed by atoms with Crippen LogP contribution in [0.1, 0.15) is 25.7 Å². The first-order valence-electron chi connectivity index (χ1n) is 3.80. The van der Waals surface area contributed by atoms with E-state index in [9.17, 15) is 0 Å². The third kappa shape index (κ3) is 0.987. The van der Waals surface area contributed by atoms with Crippen molar-refractivity contribution in [3.8, 4) is 0 Å². The number of hydrogen-bond acceptors (Lipinski definition) is 2. The lowest BCUT2D eigenvalue weighted by Crippen LogP contribution is -2.33. The predicted octanol–water partition coefficient (Wildman–Crippen LogP) is 1.59. The predicted molar refractivity (Wildman–Crippen MR) is 41.7 cm³/mol. The van der Waals surface area contributed by atoms with Gasteiger partial charge in [-0.05, 0) is 12.8 Å². The molecule has 1 spiro atoms. The lowest BCUT2D eigenvalue weighted by molar-refractivity contribution is 0.518. The highest BCUT2D eigenvalue weighted by Gasteiger charge is 2.36.